The molecule has 1 heterocycles. The number of hydrogen-bond donors (Lipinski definition) is 3. The molecule has 7 heteroatoms. The third-order valence-corrected chi connectivity index (χ3v) is 4.20. The maximum atomic E-state index is 11.9. The number of halogens is 1. The highest BCUT2D eigenvalue weighted by Gasteiger charge is 2.08. The summed E-state index contributed by atoms with van der Waals surface area (Å²) < 4.78 is 0.913. The van der Waals surface area contributed by atoms with E-state index in [1.165, 1.54) is 11.3 Å². The molecule has 0 spiro atoms. The van der Waals surface area contributed by atoms with Crippen molar-refractivity contribution in [3.63, 3.8) is 0 Å². The molecule has 0 aliphatic heterocycles. The van der Waals surface area contributed by atoms with Crippen LogP contribution in [0.15, 0.2) is 45.3 Å². The minimum absolute atomic E-state index is 0.0420. The number of nitrogens with one attached hydrogen (secondary N) is 1. The van der Waals surface area contributed by atoms with Crippen LogP contribution in [0, 0.1) is 0 Å². The van der Waals surface area contributed by atoms with Gasteiger partial charge in [0.05, 0.1) is 8.66 Å². The van der Waals surface area contributed by atoms with Crippen LogP contribution in [0.5, 0.6) is 0 Å². The van der Waals surface area contributed by atoms with Crippen LogP contribution < -0.4 is 11.1 Å². The highest BCUT2D eigenvalue weighted by Crippen LogP contribution is 2.21. The zero-order chi connectivity index (χ0) is 14.5. The zero-order valence-corrected chi connectivity index (χ0v) is 12.7. The molecular formula is C13H12BrN3O2S. The Labute approximate surface area is 128 Å². The lowest BCUT2D eigenvalue weighted by Crippen LogP contribution is -2.22. The Bertz CT molecular complexity index is 655. The number of rotatable bonds is 4. The fraction of sp³-hybridized carbons (Fsp3) is 0.0769. The normalized spacial score (nSPS) is 11.3. The van der Waals surface area contributed by atoms with E-state index < -0.39 is 0 Å². The fourth-order valence-electron chi connectivity index (χ4n) is 1.60. The summed E-state index contributed by atoms with van der Waals surface area (Å²) in [5.74, 6) is -0.0877. The smallest absolute Gasteiger partial charge is 0.261 e. The van der Waals surface area contributed by atoms with E-state index in [4.69, 9.17) is 10.9 Å². The number of oxime groups is 1. The Morgan fingerprint density at radius 3 is 2.85 bits per heavy atom. The van der Waals surface area contributed by atoms with Gasteiger partial charge in [-0.1, -0.05) is 23.4 Å². The van der Waals surface area contributed by atoms with Crippen molar-refractivity contribution in [3.05, 3.63) is 56.2 Å². The molecule has 0 aliphatic rings. The third kappa shape index (κ3) is 3.58. The molecule has 104 valence electrons. The molecule has 1 aromatic heterocycles. The van der Waals surface area contributed by atoms with E-state index in [0.29, 0.717) is 17.0 Å². The van der Waals surface area contributed by atoms with Crippen molar-refractivity contribution in [2.24, 2.45) is 10.9 Å². The monoisotopic (exact) mass is 353 g/mol. The van der Waals surface area contributed by atoms with E-state index in [0.717, 1.165) is 9.35 Å². The summed E-state index contributed by atoms with van der Waals surface area (Å²) in [7, 11) is 0. The molecule has 0 saturated carbocycles. The Morgan fingerprint density at radius 1 is 1.40 bits per heavy atom. The van der Waals surface area contributed by atoms with Gasteiger partial charge in [-0.25, -0.2) is 0 Å². The second-order valence-corrected chi connectivity index (χ2v) is 6.44. The van der Waals surface area contributed by atoms with Gasteiger partial charge in [0.1, 0.15) is 0 Å². The van der Waals surface area contributed by atoms with Crippen LogP contribution in [0.3, 0.4) is 0 Å². The predicted octanol–water partition coefficient (Wildman–Crippen LogP) is 2.54. The molecule has 0 fully saturated rings. The molecule has 0 radical (unpaired) electrons. The number of benzene rings is 1. The van der Waals surface area contributed by atoms with Crippen molar-refractivity contribution in [1.82, 2.24) is 5.32 Å². The van der Waals surface area contributed by atoms with Crippen LogP contribution in [-0.4, -0.2) is 17.0 Å². The molecule has 20 heavy (non-hydrogen) atoms. The standard InChI is InChI=1S/C13H12BrN3O2S/c14-11-5-4-10(20-11)13(18)16-7-8-2-1-3-9(6-8)12(15)17-19/h1-6,19H,7H2,(H2,15,17)(H,16,18). The first-order valence-electron chi connectivity index (χ1n) is 5.70. The number of hydrogen-bond acceptors (Lipinski definition) is 4. The molecular weight excluding hydrogens is 342 g/mol. The average Bonchev–Trinajstić information content (AvgIpc) is 2.91. The molecule has 1 aromatic carbocycles. The van der Waals surface area contributed by atoms with Gasteiger partial charge in [0, 0.05) is 12.1 Å². The van der Waals surface area contributed by atoms with E-state index in [9.17, 15) is 4.79 Å². The van der Waals surface area contributed by atoms with Crippen molar-refractivity contribution in [2.45, 2.75) is 6.54 Å². The summed E-state index contributed by atoms with van der Waals surface area (Å²) in [6.07, 6.45) is 0. The molecule has 4 N–H and O–H groups in total. The highest BCUT2D eigenvalue weighted by atomic mass is 79.9. The summed E-state index contributed by atoms with van der Waals surface area (Å²) in [6, 6.07) is 10.7. The van der Waals surface area contributed by atoms with E-state index in [1.54, 1.807) is 24.3 Å². The van der Waals surface area contributed by atoms with E-state index in [2.05, 4.69) is 26.4 Å². The Kier molecular flexibility index (Phi) is 4.75. The number of amidine groups is 1. The average molecular weight is 354 g/mol. The lowest BCUT2D eigenvalue weighted by atomic mass is 10.1. The first-order chi connectivity index (χ1) is 9.60. The Morgan fingerprint density at radius 2 is 2.20 bits per heavy atom. The van der Waals surface area contributed by atoms with Crippen LogP contribution in [0.2, 0.25) is 0 Å². The number of carbonyl (C=O) groups is 1. The van der Waals surface area contributed by atoms with Gasteiger partial charge in [-0.05, 0) is 39.7 Å². The van der Waals surface area contributed by atoms with Crippen molar-refractivity contribution < 1.29 is 10.0 Å². The van der Waals surface area contributed by atoms with Gasteiger partial charge < -0.3 is 16.3 Å². The van der Waals surface area contributed by atoms with Crippen LogP contribution in [0.4, 0.5) is 0 Å². The van der Waals surface area contributed by atoms with Crippen LogP contribution in [0.1, 0.15) is 20.8 Å². The van der Waals surface area contributed by atoms with Crippen molar-refractivity contribution in [3.8, 4) is 0 Å². The summed E-state index contributed by atoms with van der Waals surface area (Å²) in [6.45, 7) is 0.376. The molecule has 1 amide bonds. The van der Waals surface area contributed by atoms with Gasteiger partial charge >= 0.3 is 0 Å². The van der Waals surface area contributed by atoms with Crippen LogP contribution in [0.25, 0.3) is 0 Å². The lowest BCUT2D eigenvalue weighted by Gasteiger charge is -2.06. The van der Waals surface area contributed by atoms with Gasteiger partial charge in [-0.15, -0.1) is 11.3 Å². The lowest BCUT2D eigenvalue weighted by molar-refractivity contribution is 0.0955. The maximum Gasteiger partial charge on any atom is 0.261 e. The molecule has 0 unspecified atom stereocenters. The molecule has 0 aliphatic carbocycles. The predicted molar refractivity (Wildman–Crippen MR) is 82.1 cm³/mol. The number of amides is 1. The van der Waals surface area contributed by atoms with Gasteiger partial charge in [0.2, 0.25) is 0 Å². The fourth-order valence-corrected chi connectivity index (χ4v) is 2.91. The largest absolute Gasteiger partial charge is 0.409 e. The number of carbonyl (C=O) groups excluding carboxylic acids is 1. The molecule has 0 atom stereocenters. The summed E-state index contributed by atoms with van der Waals surface area (Å²) in [4.78, 5) is 12.5. The number of nitrogens with two attached hydrogens (primary N) is 1. The molecule has 0 bridgehead atoms. The van der Waals surface area contributed by atoms with Gasteiger partial charge in [0.15, 0.2) is 5.84 Å². The minimum Gasteiger partial charge on any atom is -0.409 e. The Hall–Kier alpha value is -1.86. The highest BCUT2D eigenvalue weighted by molar-refractivity contribution is 9.11. The second kappa shape index (κ2) is 6.53. The molecule has 0 saturated heterocycles. The number of nitrogens with zero attached hydrogens (tertiary/aromatic N) is 1. The van der Waals surface area contributed by atoms with E-state index in [1.807, 2.05) is 12.1 Å². The number of thiophene rings is 1. The first-order valence-corrected chi connectivity index (χ1v) is 7.31. The maximum absolute atomic E-state index is 11.9. The molecule has 5 nitrogen and oxygen atoms in total. The van der Waals surface area contributed by atoms with Gasteiger partial charge in [-0.2, -0.15) is 0 Å². The topological polar surface area (TPSA) is 87.7 Å². The SMILES string of the molecule is NC(=NO)c1cccc(CNC(=O)c2ccc(Br)s2)c1. The molecule has 2 aromatic rings. The Balaban J connectivity index is 2.02. The second-order valence-electron chi connectivity index (χ2n) is 3.97. The van der Waals surface area contributed by atoms with Crippen LogP contribution >= 0.6 is 27.3 Å². The van der Waals surface area contributed by atoms with Gasteiger partial charge in [0.25, 0.3) is 5.91 Å². The van der Waals surface area contributed by atoms with E-state index >= 15 is 0 Å². The summed E-state index contributed by atoms with van der Waals surface area (Å²) >= 11 is 4.69. The van der Waals surface area contributed by atoms with E-state index in [-0.39, 0.29) is 11.7 Å². The third-order valence-electron chi connectivity index (χ3n) is 2.58. The van der Waals surface area contributed by atoms with Crippen LogP contribution in [-0.2, 0) is 6.54 Å². The van der Waals surface area contributed by atoms with Crippen molar-refractivity contribution in [2.75, 3.05) is 0 Å². The minimum atomic E-state index is -0.130. The molecule has 2 rings (SSSR count). The summed E-state index contributed by atoms with van der Waals surface area (Å²) in [5, 5.41) is 14.4. The van der Waals surface area contributed by atoms with Crippen molar-refractivity contribution >= 4 is 39.0 Å². The first kappa shape index (κ1) is 14.5. The van der Waals surface area contributed by atoms with Crippen molar-refractivity contribution in [1.29, 1.82) is 0 Å². The van der Waals surface area contributed by atoms with Gasteiger partial charge in [-0.3, -0.25) is 4.79 Å². The quantitative estimate of drug-likeness (QED) is 0.341. The summed E-state index contributed by atoms with van der Waals surface area (Å²) in [5.41, 5.74) is 7.00. The zero-order valence-electron chi connectivity index (χ0n) is 10.3.